The summed E-state index contributed by atoms with van der Waals surface area (Å²) in [6, 6.07) is 12.9. The van der Waals surface area contributed by atoms with Crippen LogP contribution in [0.1, 0.15) is 25.0 Å². The van der Waals surface area contributed by atoms with Gasteiger partial charge >= 0.3 is 12.4 Å². The minimum absolute atomic E-state index is 0. The van der Waals surface area contributed by atoms with Gasteiger partial charge < -0.3 is 26.0 Å². The van der Waals surface area contributed by atoms with Gasteiger partial charge in [-0.3, -0.25) is 4.99 Å². The van der Waals surface area contributed by atoms with E-state index >= 15 is 0 Å². The van der Waals surface area contributed by atoms with Crippen molar-refractivity contribution in [2.75, 3.05) is 12.4 Å². The number of aliphatic imine (C=N–C) groups is 1. The van der Waals surface area contributed by atoms with Crippen molar-refractivity contribution < 1.29 is 22.7 Å². The molecule has 0 saturated heterocycles. The van der Waals surface area contributed by atoms with Crippen molar-refractivity contribution in [1.82, 2.24) is 16.0 Å². The number of urea groups is 1. The lowest BCUT2D eigenvalue weighted by molar-refractivity contribution is -0.274. The smallest absolute Gasteiger partial charge is 0.405 e. The highest BCUT2D eigenvalue weighted by Gasteiger charge is 2.31. The summed E-state index contributed by atoms with van der Waals surface area (Å²) in [5.41, 5.74) is 1.93. The minimum Gasteiger partial charge on any atom is -0.405 e. The molecule has 0 aromatic heterocycles. The summed E-state index contributed by atoms with van der Waals surface area (Å²) in [5.74, 6) is 0.155. The number of nitrogens with zero attached hydrogens (tertiary/aromatic N) is 1. The number of halogens is 4. The minimum atomic E-state index is -4.76. The zero-order chi connectivity index (χ0) is 22.9. The first-order valence-electron chi connectivity index (χ1n) is 9.61. The summed E-state index contributed by atoms with van der Waals surface area (Å²) in [6.45, 7) is 4.27. The van der Waals surface area contributed by atoms with Crippen LogP contribution in [-0.4, -0.2) is 31.4 Å². The summed E-state index contributed by atoms with van der Waals surface area (Å²) in [6.07, 6.45) is -4.76. The van der Waals surface area contributed by atoms with Gasteiger partial charge in [0.05, 0.1) is 0 Å². The van der Waals surface area contributed by atoms with Crippen LogP contribution in [0.5, 0.6) is 5.75 Å². The van der Waals surface area contributed by atoms with E-state index in [1.807, 2.05) is 26.0 Å². The summed E-state index contributed by atoms with van der Waals surface area (Å²) in [4.78, 5) is 15.8. The molecule has 2 aromatic carbocycles. The molecule has 2 amide bonds. The Balaban J connectivity index is 0.00000512. The summed E-state index contributed by atoms with van der Waals surface area (Å²) in [5, 5.41) is 11.5. The molecule has 0 aliphatic carbocycles. The van der Waals surface area contributed by atoms with Crippen molar-refractivity contribution in [3.8, 4) is 5.75 Å². The van der Waals surface area contributed by atoms with Gasteiger partial charge in [0.25, 0.3) is 0 Å². The first-order chi connectivity index (χ1) is 14.7. The zero-order valence-corrected chi connectivity index (χ0v) is 20.2. The number of hydrogen-bond donors (Lipinski definition) is 4. The first-order valence-corrected chi connectivity index (χ1v) is 9.61. The summed E-state index contributed by atoms with van der Waals surface area (Å²) >= 11 is 0. The standard InChI is InChI=1S/C21H26F3N5O2.HI/c1-14(2)28-20(30)29-17-10-8-15(9-11-17)12-26-19(25-3)27-13-16-6-4-5-7-18(16)31-21(22,23)24;/h4-11,14H,12-13H2,1-3H3,(H2,25,26,27)(H2,28,29,30);1H. The summed E-state index contributed by atoms with van der Waals surface area (Å²) < 4.78 is 41.7. The second-order valence-electron chi connectivity index (χ2n) is 6.88. The van der Waals surface area contributed by atoms with Crippen molar-refractivity contribution in [2.45, 2.75) is 39.3 Å². The molecule has 11 heteroatoms. The van der Waals surface area contributed by atoms with Crippen LogP contribution in [0.25, 0.3) is 0 Å². The Kier molecular flexibility index (Phi) is 11.1. The average molecular weight is 565 g/mol. The maximum Gasteiger partial charge on any atom is 0.573 e. The predicted molar refractivity (Wildman–Crippen MR) is 129 cm³/mol. The highest BCUT2D eigenvalue weighted by molar-refractivity contribution is 14.0. The number of rotatable bonds is 7. The molecule has 0 saturated carbocycles. The van der Waals surface area contributed by atoms with Crippen molar-refractivity contribution in [1.29, 1.82) is 0 Å². The van der Waals surface area contributed by atoms with Gasteiger partial charge in [0.1, 0.15) is 5.75 Å². The average Bonchev–Trinajstić information content (AvgIpc) is 2.68. The Hall–Kier alpha value is -2.70. The lowest BCUT2D eigenvalue weighted by atomic mass is 10.2. The third-order valence-electron chi connectivity index (χ3n) is 3.96. The van der Waals surface area contributed by atoms with E-state index in [4.69, 9.17) is 0 Å². The van der Waals surface area contributed by atoms with Crippen LogP contribution in [0.15, 0.2) is 53.5 Å². The van der Waals surface area contributed by atoms with Gasteiger partial charge in [0.2, 0.25) is 0 Å². The predicted octanol–water partition coefficient (Wildman–Crippen LogP) is 4.60. The quantitative estimate of drug-likeness (QED) is 0.225. The highest BCUT2D eigenvalue weighted by Crippen LogP contribution is 2.26. The summed E-state index contributed by atoms with van der Waals surface area (Å²) in [7, 11) is 1.56. The van der Waals surface area contributed by atoms with Gasteiger partial charge in [-0.25, -0.2) is 4.79 Å². The van der Waals surface area contributed by atoms with Crippen LogP contribution in [0.2, 0.25) is 0 Å². The van der Waals surface area contributed by atoms with E-state index < -0.39 is 6.36 Å². The lowest BCUT2D eigenvalue weighted by Crippen LogP contribution is -2.36. The molecule has 0 radical (unpaired) electrons. The largest absolute Gasteiger partial charge is 0.573 e. The zero-order valence-electron chi connectivity index (χ0n) is 17.9. The number of carbonyl (C=O) groups excluding carboxylic acids is 1. The van der Waals surface area contributed by atoms with Crippen LogP contribution >= 0.6 is 24.0 Å². The van der Waals surface area contributed by atoms with E-state index in [1.54, 1.807) is 31.3 Å². The fourth-order valence-electron chi connectivity index (χ4n) is 2.59. The van der Waals surface area contributed by atoms with Crippen LogP contribution < -0.4 is 26.0 Å². The molecule has 2 aromatic rings. The van der Waals surface area contributed by atoms with E-state index in [2.05, 4.69) is 31.0 Å². The SMILES string of the molecule is CN=C(NCc1ccc(NC(=O)NC(C)C)cc1)NCc1ccccc1OC(F)(F)F.I. The van der Waals surface area contributed by atoms with Gasteiger partial charge in [0.15, 0.2) is 5.96 Å². The van der Waals surface area contributed by atoms with Crippen molar-refractivity contribution >= 4 is 41.7 Å². The van der Waals surface area contributed by atoms with E-state index in [1.165, 1.54) is 12.1 Å². The van der Waals surface area contributed by atoms with Crippen molar-refractivity contribution in [3.05, 3.63) is 59.7 Å². The Morgan fingerprint density at radius 3 is 2.25 bits per heavy atom. The molecule has 176 valence electrons. The van der Waals surface area contributed by atoms with Crippen LogP contribution in [-0.2, 0) is 13.1 Å². The Bertz CT molecular complexity index is 890. The Morgan fingerprint density at radius 2 is 1.66 bits per heavy atom. The van der Waals surface area contributed by atoms with Gasteiger partial charge in [0, 0.05) is 37.4 Å². The van der Waals surface area contributed by atoms with Gasteiger partial charge in [-0.1, -0.05) is 30.3 Å². The molecule has 0 fully saturated rings. The van der Waals surface area contributed by atoms with Crippen LogP contribution in [0.3, 0.4) is 0 Å². The van der Waals surface area contributed by atoms with Crippen molar-refractivity contribution in [3.63, 3.8) is 0 Å². The third kappa shape index (κ3) is 10.1. The molecule has 0 spiro atoms. The molecule has 0 aliphatic rings. The number of hydrogen-bond acceptors (Lipinski definition) is 3. The number of carbonyl (C=O) groups is 1. The lowest BCUT2D eigenvalue weighted by Gasteiger charge is -2.16. The topological polar surface area (TPSA) is 86.8 Å². The molecule has 0 heterocycles. The molecule has 7 nitrogen and oxygen atoms in total. The fourth-order valence-corrected chi connectivity index (χ4v) is 2.59. The third-order valence-corrected chi connectivity index (χ3v) is 3.96. The molecule has 32 heavy (non-hydrogen) atoms. The molecule has 0 atom stereocenters. The second kappa shape index (κ2) is 13.0. The molecular formula is C21H27F3IN5O2. The number of benzene rings is 2. The number of nitrogens with one attached hydrogen (secondary N) is 4. The Labute approximate surface area is 202 Å². The number of ether oxygens (including phenoxy) is 1. The number of alkyl halides is 3. The maximum absolute atomic E-state index is 12.5. The molecule has 2 rings (SSSR count). The fraction of sp³-hybridized carbons (Fsp3) is 0.333. The first kappa shape index (κ1) is 27.3. The van der Waals surface area contributed by atoms with Crippen molar-refractivity contribution in [2.24, 2.45) is 4.99 Å². The number of para-hydroxylation sites is 1. The Morgan fingerprint density at radius 1 is 1.03 bits per heavy atom. The molecule has 0 unspecified atom stereocenters. The number of guanidine groups is 1. The van der Waals surface area contributed by atoms with E-state index in [0.717, 1.165) is 5.56 Å². The van der Waals surface area contributed by atoms with Gasteiger partial charge in [-0.05, 0) is 37.6 Å². The highest BCUT2D eigenvalue weighted by atomic mass is 127. The van der Waals surface area contributed by atoms with E-state index in [0.29, 0.717) is 23.8 Å². The normalized spacial score (nSPS) is 11.4. The van der Waals surface area contributed by atoms with Crippen LogP contribution in [0.4, 0.5) is 23.7 Å². The molecule has 4 N–H and O–H groups in total. The number of anilines is 1. The maximum atomic E-state index is 12.5. The molecule has 0 aliphatic heterocycles. The van der Waals surface area contributed by atoms with Crippen LogP contribution in [0, 0.1) is 0 Å². The monoisotopic (exact) mass is 565 g/mol. The molecule has 0 bridgehead atoms. The molecular weight excluding hydrogens is 538 g/mol. The van der Waals surface area contributed by atoms with E-state index in [-0.39, 0.29) is 48.3 Å². The van der Waals surface area contributed by atoms with Gasteiger partial charge in [-0.15, -0.1) is 37.1 Å². The van der Waals surface area contributed by atoms with Gasteiger partial charge in [-0.2, -0.15) is 0 Å². The van der Waals surface area contributed by atoms with E-state index in [9.17, 15) is 18.0 Å². The number of amides is 2. The second-order valence-corrected chi connectivity index (χ2v) is 6.88.